The summed E-state index contributed by atoms with van der Waals surface area (Å²) < 4.78 is 18.0. The molecule has 1 aromatic rings. The summed E-state index contributed by atoms with van der Waals surface area (Å²) in [5, 5.41) is 0.515. The number of carbonyl (C=O) groups excluding carboxylic acids is 1. The molecule has 1 amide bonds. The molecule has 1 aliphatic rings. The normalized spacial score (nSPS) is 19.9. The van der Waals surface area contributed by atoms with Crippen molar-refractivity contribution in [2.75, 3.05) is 12.3 Å². The maximum absolute atomic E-state index is 12.6. The molecule has 24 heavy (non-hydrogen) atoms. The second kappa shape index (κ2) is 7.78. The minimum Gasteiger partial charge on any atom is -0.444 e. The van der Waals surface area contributed by atoms with Crippen LogP contribution in [-0.4, -0.2) is 49.1 Å². The van der Waals surface area contributed by atoms with E-state index in [2.05, 4.69) is 9.97 Å². The fourth-order valence-electron chi connectivity index (χ4n) is 2.50. The Morgan fingerprint density at radius 3 is 2.79 bits per heavy atom. The van der Waals surface area contributed by atoms with Crippen molar-refractivity contribution in [3.8, 4) is 0 Å². The van der Waals surface area contributed by atoms with Crippen LogP contribution in [0, 0.1) is 6.92 Å². The van der Waals surface area contributed by atoms with Crippen LogP contribution < -0.4 is 0 Å². The summed E-state index contributed by atoms with van der Waals surface area (Å²) >= 11 is 5.98. The summed E-state index contributed by atoms with van der Waals surface area (Å²) in [5.74, 6) is 0.290. The molecule has 0 spiro atoms. The summed E-state index contributed by atoms with van der Waals surface area (Å²) in [6.07, 6.45) is 3.93. The van der Waals surface area contributed by atoms with E-state index in [4.69, 9.17) is 16.3 Å². The number of piperidine rings is 1. The molecule has 2 rings (SSSR count). The Morgan fingerprint density at radius 1 is 1.46 bits per heavy atom. The van der Waals surface area contributed by atoms with Crippen LogP contribution in [0.1, 0.15) is 45.6 Å². The molecule has 1 aromatic heterocycles. The van der Waals surface area contributed by atoms with E-state index in [-0.39, 0.29) is 17.3 Å². The number of aromatic nitrogens is 2. The van der Waals surface area contributed by atoms with Gasteiger partial charge in [0, 0.05) is 24.3 Å². The average molecular weight is 374 g/mol. The molecule has 6 nitrogen and oxygen atoms in total. The number of hydrogen-bond donors (Lipinski definition) is 0. The van der Waals surface area contributed by atoms with Gasteiger partial charge in [-0.15, -0.1) is 0 Å². The number of rotatable bonds is 3. The lowest BCUT2D eigenvalue weighted by Gasteiger charge is -2.36. The van der Waals surface area contributed by atoms with Crippen LogP contribution in [0.3, 0.4) is 0 Å². The zero-order chi connectivity index (χ0) is 17.9. The van der Waals surface area contributed by atoms with Crippen molar-refractivity contribution in [3.05, 3.63) is 16.9 Å². The van der Waals surface area contributed by atoms with Gasteiger partial charge in [0.25, 0.3) is 0 Å². The number of nitrogens with zero attached hydrogens (tertiary/aromatic N) is 3. The molecule has 2 heterocycles. The highest BCUT2D eigenvalue weighted by atomic mass is 35.5. The van der Waals surface area contributed by atoms with E-state index < -0.39 is 16.4 Å². The van der Waals surface area contributed by atoms with Gasteiger partial charge in [0.1, 0.15) is 10.8 Å². The molecule has 0 unspecified atom stereocenters. The quantitative estimate of drug-likeness (QED) is 0.600. The van der Waals surface area contributed by atoms with Crippen LogP contribution >= 0.6 is 11.6 Å². The maximum atomic E-state index is 12.6. The lowest BCUT2D eigenvalue weighted by Crippen LogP contribution is -2.48. The Bertz CT molecular complexity index is 633. The standard InChI is InChI=1S/C16H24ClN3O3S/c1-11-9-18-14(19-13(11)17)24(22)10-12-7-5-6-8-20(12)15(21)23-16(2,3)4/h9,12H,5-8,10H2,1-4H3/t12-,24-/m0/s1. The van der Waals surface area contributed by atoms with Crippen molar-refractivity contribution in [1.29, 1.82) is 0 Å². The summed E-state index contributed by atoms with van der Waals surface area (Å²) in [6.45, 7) is 7.92. The third-order valence-corrected chi connectivity index (χ3v) is 5.36. The SMILES string of the molecule is Cc1cnc([S@@](=O)C[C@@H]2CCCCN2C(=O)OC(C)(C)C)nc1Cl. The molecule has 0 radical (unpaired) electrons. The first kappa shape index (κ1) is 19.1. The fourth-order valence-corrected chi connectivity index (χ4v) is 3.89. The van der Waals surface area contributed by atoms with Crippen LogP contribution in [0.15, 0.2) is 11.4 Å². The van der Waals surface area contributed by atoms with Crippen molar-refractivity contribution in [2.45, 2.75) is 63.8 Å². The van der Waals surface area contributed by atoms with Crippen LogP contribution in [0.2, 0.25) is 5.15 Å². The fraction of sp³-hybridized carbons (Fsp3) is 0.688. The van der Waals surface area contributed by atoms with E-state index in [1.54, 1.807) is 18.0 Å². The van der Waals surface area contributed by atoms with Crippen molar-refractivity contribution in [2.24, 2.45) is 0 Å². The Kier molecular flexibility index (Phi) is 6.20. The average Bonchev–Trinajstić information content (AvgIpc) is 2.48. The first-order chi connectivity index (χ1) is 11.2. The van der Waals surface area contributed by atoms with E-state index in [1.165, 1.54) is 0 Å². The molecule has 0 saturated carbocycles. The monoisotopic (exact) mass is 373 g/mol. The third-order valence-electron chi connectivity index (χ3n) is 3.69. The topological polar surface area (TPSA) is 72.4 Å². The summed E-state index contributed by atoms with van der Waals surface area (Å²) in [7, 11) is -1.42. The first-order valence-electron chi connectivity index (χ1n) is 8.04. The summed E-state index contributed by atoms with van der Waals surface area (Å²) in [5.41, 5.74) is 0.191. The highest BCUT2D eigenvalue weighted by Gasteiger charge is 2.32. The van der Waals surface area contributed by atoms with Gasteiger partial charge in [-0.2, -0.15) is 0 Å². The third kappa shape index (κ3) is 5.14. The van der Waals surface area contributed by atoms with Gasteiger partial charge in [-0.05, 0) is 47.0 Å². The number of carbonyl (C=O) groups is 1. The minimum absolute atomic E-state index is 0.141. The molecule has 134 valence electrons. The Balaban J connectivity index is 2.08. The van der Waals surface area contributed by atoms with Gasteiger partial charge < -0.3 is 9.64 Å². The van der Waals surface area contributed by atoms with Crippen molar-refractivity contribution in [3.63, 3.8) is 0 Å². The smallest absolute Gasteiger partial charge is 0.410 e. The Morgan fingerprint density at radius 2 is 2.17 bits per heavy atom. The number of aryl methyl sites for hydroxylation is 1. The zero-order valence-electron chi connectivity index (χ0n) is 14.5. The van der Waals surface area contributed by atoms with E-state index in [1.807, 2.05) is 20.8 Å². The molecule has 0 aromatic carbocycles. The molecule has 1 fully saturated rings. The second-order valence-electron chi connectivity index (χ2n) is 6.96. The molecule has 0 bridgehead atoms. The van der Waals surface area contributed by atoms with Crippen LogP contribution in [0.5, 0.6) is 0 Å². The van der Waals surface area contributed by atoms with E-state index in [0.29, 0.717) is 17.5 Å². The number of likely N-dealkylation sites (tertiary alicyclic amines) is 1. The molecule has 2 atom stereocenters. The van der Waals surface area contributed by atoms with Gasteiger partial charge in [-0.3, -0.25) is 4.21 Å². The number of halogens is 1. The van der Waals surface area contributed by atoms with Crippen molar-refractivity contribution < 1.29 is 13.7 Å². The number of hydrogen-bond acceptors (Lipinski definition) is 5. The zero-order valence-corrected chi connectivity index (χ0v) is 16.1. The number of amides is 1. The highest BCUT2D eigenvalue weighted by molar-refractivity contribution is 7.84. The van der Waals surface area contributed by atoms with E-state index in [0.717, 1.165) is 24.8 Å². The largest absolute Gasteiger partial charge is 0.444 e. The predicted molar refractivity (Wildman–Crippen MR) is 93.6 cm³/mol. The predicted octanol–water partition coefficient (Wildman–Crippen LogP) is 3.34. The van der Waals surface area contributed by atoms with Crippen molar-refractivity contribution >= 4 is 28.5 Å². The van der Waals surface area contributed by atoms with Gasteiger partial charge in [0.2, 0.25) is 5.16 Å². The molecular weight excluding hydrogens is 350 g/mol. The Labute approximate surface area is 150 Å². The van der Waals surface area contributed by atoms with Gasteiger partial charge in [-0.1, -0.05) is 11.6 Å². The van der Waals surface area contributed by atoms with E-state index >= 15 is 0 Å². The maximum Gasteiger partial charge on any atom is 0.410 e. The summed E-state index contributed by atoms with van der Waals surface area (Å²) in [4.78, 5) is 22.3. The molecule has 0 aliphatic carbocycles. The van der Waals surface area contributed by atoms with Crippen LogP contribution in [-0.2, 0) is 15.5 Å². The first-order valence-corrected chi connectivity index (χ1v) is 9.74. The minimum atomic E-state index is -1.42. The molecule has 1 saturated heterocycles. The highest BCUT2D eigenvalue weighted by Crippen LogP contribution is 2.22. The Hall–Kier alpha value is -1.21. The van der Waals surface area contributed by atoms with E-state index in [9.17, 15) is 9.00 Å². The molecule has 8 heteroatoms. The lowest BCUT2D eigenvalue weighted by atomic mass is 10.0. The molecule has 1 aliphatic heterocycles. The summed E-state index contributed by atoms with van der Waals surface area (Å²) in [6, 6.07) is -0.141. The van der Waals surface area contributed by atoms with Gasteiger partial charge in [-0.25, -0.2) is 14.8 Å². The van der Waals surface area contributed by atoms with Gasteiger partial charge >= 0.3 is 6.09 Å². The van der Waals surface area contributed by atoms with Crippen LogP contribution in [0.25, 0.3) is 0 Å². The molecule has 0 N–H and O–H groups in total. The van der Waals surface area contributed by atoms with Crippen molar-refractivity contribution in [1.82, 2.24) is 14.9 Å². The molecular formula is C16H24ClN3O3S. The second-order valence-corrected chi connectivity index (χ2v) is 8.71. The van der Waals surface area contributed by atoms with Gasteiger partial charge in [0.05, 0.1) is 16.6 Å². The van der Waals surface area contributed by atoms with Crippen LogP contribution in [0.4, 0.5) is 4.79 Å². The lowest BCUT2D eigenvalue weighted by molar-refractivity contribution is 0.0125. The number of ether oxygens (including phenoxy) is 1. The van der Waals surface area contributed by atoms with Gasteiger partial charge in [0.15, 0.2) is 0 Å².